The maximum absolute atomic E-state index is 15.4. The lowest BCUT2D eigenvalue weighted by molar-refractivity contribution is -0.384. The SMILES string of the molecule is C=CCOC12Oc3ccc(OC(=O)NCc4ccccc4)cc3C3C(CCCCO)C(CCCCO)C=C(C(=NOCc4ccc([N+](=O)[O-])cc4)CC1N(Cc1cccc4ccccc14)C(=O)OCCOCc1ccccc1)C32. The van der Waals surface area contributed by atoms with Crippen LogP contribution in [0, 0.1) is 27.9 Å². The second-order valence-corrected chi connectivity index (χ2v) is 20.1. The number of amides is 2. The summed E-state index contributed by atoms with van der Waals surface area (Å²) in [7, 11) is 0. The Labute approximate surface area is 460 Å². The van der Waals surface area contributed by atoms with Crippen LogP contribution in [0.3, 0.4) is 0 Å². The highest BCUT2D eigenvalue weighted by molar-refractivity contribution is 6.03. The summed E-state index contributed by atoms with van der Waals surface area (Å²) in [6.45, 7) is 4.83. The number of aliphatic hydroxyl groups is 2. The summed E-state index contributed by atoms with van der Waals surface area (Å²) < 4.78 is 33.0. The van der Waals surface area contributed by atoms with Crippen molar-refractivity contribution in [1.29, 1.82) is 0 Å². The summed E-state index contributed by atoms with van der Waals surface area (Å²) in [5.74, 6) is -2.25. The number of hydrogen-bond donors (Lipinski definition) is 3. The predicted octanol–water partition coefficient (Wildman–Crippen LogP) is 11.7. The van der Waals surface area contributed by atoms with Crippen LogP contribution in [0.1, 0.15) is 78.7 Å². The van der Waals surface area contributed by atoms with Gasteiger partial charge in [0.2, 0.25) is 5.79 Å². The van der Waals surface area contributed by atoms with Gasteiger partial charge in [-0.25, -0.2) is 9.59 Å². The molecule has 1 aliphatic heterocycles. The van der Waals surface area contributed by atoms with Crippen LogP contribution in [0.15, 0.2) is 175 Å². The molecule has 2 amide bonds. The van der Waals surface area contributed by atoms with Crippen LogP contribution in [0.2, 0.25) is 0 Å². The molecule has 1 fully saturated rings. The zero-order valence-electron chi connectivity index (χ0n) is 44.2. The molecule has 9 rings (SSSR count). The fourth-order valence-corrected chi connectivity index (χ4v) is 11.5. The zero-order valence-corrected chi connectivity index (χ0v) is 44.2. The Morgan fingerprint density at radius 2 is 1.53 bits per heavy atom. The van der Waals surface area contributed by atoms with Crippen molar-refractivity contribution in [2.24, 2.45) is 22.9 Å². The van der Waals surface area contributed by atoms with Gasteiger partial charge in [0.05, 0.1) is 42.9 Å². The first-order valence-electron chi connectivity index (χ1n) is 27.1. The maximum Gasteiger partial charge on any atom is 0.412 e. The molecule has 0 radical (unpaired) electrons. The number of carbonyl (C=O) groups is 2. The average Bonchev–Trinajstić information content (AvgIpc) is 3.20. The van der Waals surface area contributed by atoms with Gasteiger partial charge in [-0.3, -0.25) is 15.0 Å². The van der Waals surface area contributed by atoms with Crippen LogP contribution < -0.4 is 14.8 Å². The molecule has 0 bridgehead atoms. The van der Waals surface area contributed by atoms with Crippen molar-refractivity contribution in [3.05, 3.63) is 208 Å². The van der Waals surface area contributed by atoms with Crippen LogP contribution in [0.4, 0.5) is 15.3 Å². The molecule has 3 N–H and O–H groups in total. The molecular formula is C63H68N4O12. The second-order valence-electron chi connectivity index (χ2n) is 20.1. The first-order chi connectivity index (χ1) is 38.7. The Kier molecular flexibility index (Phi) is 19.2. The molecule has 412 valence electrons. The molecule has 0 aromatic heterocycles. The Morgan fingerprint density at radius 1 is 0.823 bits per heavy atom. The highest BCUT2D eigenvalue weighted by Crippen LogP contribution is 2.62. The van der Waals surface area contributed by atoms with Gasteiger partial charge in [0.25, 0.3) is 5.69 Å². The molecule has 79 heavy (non-hydrogen) atoms. The Balaban J connectivity index is 1.19. The number of non-ortho nitro benzene ring substituents is 1. The number of aliphatic hydroxyl groups excluding tert-OH is 2. The number of rotatable bonds is 26. The molecule has 0 spiro atoms. The number of unbranched alkanes of at least 4 members (excludes halogenated alkanes) is 2. The lowest BCUT2D eigenvalue weighted by Crippen LogP contribution is -2.70. The van der Waals surface area contributed by atoms with Gasteiger partial charge in [-0.1, -0.05) is 133 Å². The molecule has 6 aromatic carbocycles. The molecular weight excluding hydrogens is 1000 g/mol. The van der Waals surface area contributed by atoms with E-state index >= 15 is 4.79 Å². The van der Waals surface area contributed by atoms with Crippen molar-refractivity contribution in [2.45, 2.75) is 89.0 Å². The minimum absolute atomic E-state index is 0.00671. The lowest BCUT2D eigenvalue weighted by atomic mass is 9.55. The second kappa shape index (κ2) is 27.1. The number of allylic oxidation sites excluding steroid dienone is 1. The summed E-state index contributed by atoms with van der Waals surface area (Å²) in [6.07, 6.45) is 6.61. The molecule has 1 saturated carbocycles. The Hall–Kier alpha value is -7.89. The number of benzene rings is 6. The first kappa shape index (κ1) is 55.9. The van der Waals surface area contributed by atoms with Crippen molar-refractivity contribution < 1.29 is 53.2 Å². The van der Waals surface area contributed by atoms with Crippen molar-refractivity contribution >= 4 is 34.4 Å². The van der Waals surface area contributed by atoms with Crippen molar-refractivity contribution in [2.75, 3.05) is 33.0 Å². The summed E-state index contributed by atoms with van der Waals surface area (Å²) in [6, 6.07) is 43.7. The zero-order chi connectivity index (χ0) is 55.0. The third kappa shape index (κ3) is 13.5. The number of carbonyl (C=O) groups excluding carboxylic acids is 2. The normalized spacial score (nSPS) is 20.5. The summed E-state index contributed by atoms with van der Waals surface area (Å²) in [4.78, 5) is 48.0. The van der Waals surface area contributed by atoms with Gasteiger partial charge in [0.15, 0.2) is 0 Å². The molecule has 16 nitrogen and oxygen atoms in total. The van der Waals surface area contributed by atoms with E-state index in [4.69, 9.17) is 33.7 Å². The fourth-order valence-electron chi connectivity index (χ4n) is 11.5. The van der Waals surface area contributed by atoms with E-state index in [-0.39, 0.29) is 82.4 Å². The van der Waals surface area contributed by atoms with Gasteiger partial charge >= 0.3 is 12.2 Å². The van der Waals surface area contributed by atoms with E-state index in [1.54, 1.807) is 35.2 Å². The quantitative estimate of drug-likeness (QED) is 0.0201. The van der Waals surface area contributed by atoms with Crippen molar-refractivity contribution in [3.8, 4) is 11.5 Å². The smallest absolute Gasteiger partial charge is 0.412 e. The van der Waals surface area contributed by atoms with Gasteiger partial charge in [0, 0.05) is 49.8 Å². The number of nitrogens with one attached hydrogen (secondary N) is 1. The highest BCUT2D eigenvalue weighted by atomic mass is 16.7. The Morgan fingerprint density at radius 3 is 2.28 bits per heavy atom. The molecule has 2 aliphatic carbocycles. The molecule has 0 saturated heterocycles. The topological polar surface area (TPSA) is 201 Å². The first-order valence-corrected chi connectivity index (χ1v) is 27.1. The molecule has 6 aromatic rings. The molecule has 6 unspecified atom stereocenters. The van der Waals surface area contributed by atoms with Crippen LogP contribution in [-0.4, -0.2) is 82.8 Å². The number of nitro benzene ring substituents is 1. The third-order valence-electron chi connectivity index (χ3n) is 15.1. The molecule has 6 atom stereocenters. The monoisotopic (exact) mass is 1070 g/mol. The lowest BCUT2D eigenvalue weighted by Gasteiger charge is -2.59. The predicted molar refractivity (Wildman–Crippen MR) is 299 cm³/mol. The van der Waals surface area contributed by atoms with E-state index in [9.17, 15) is 25.1 Å². The van der Waals surface area contributed by atoms with Gasteiger partial charge in [-0.2, -0.15) is 0 Å². The standard InChI is InChI=1S/C63H68N4O12/c1-2-34-76-63-58(66(41-49-23-15-22-47-20-9-10-24-52(47)49)62(71)75-36-35-74-42-45-18-7-4-8-19-45)39-56(65-77-43-46-26-28-50(29-27-46)67(72)73)54-37-48(21-11-13-32-68)53(25-12-14-33-69)59(60(54)63)55-38-51(30-31-57(55)79-63)78-61(70)64-40-44-16-5-3-6-17-44/h2-10,15-20,22-24,26-31,37-38,48,53,58-60,68-69H,1,11-14,21,25,32-36,39-43H2,(H,64,70). The number of nitrogens with zero attached hydrogens (tertiary/aromatic N) is 3. The molecule has 3 aliphatic rings. The van der Waals surface area contributed by atoms with Crippen LogP contribution in [0.5, 0.6) is 11.5 Å². The van der Waals surface area contributed by atoms with Gasteiger partial charge in [-0.05, 0) is 106 Å². The van der Waals surface area contributed by atoms with Gasteiger partial charge < -0.3 is 44.1 Å². The summed E-state index contributed by atoms with van der Waals surface area (Å²) >= 11 is 0. The van der Waals surface area contributed by atoms with E-state index in [0.717, 1.165) is 45.0 Å². The van der Waals surface area contributed by atoms with Crippen LogP contribution in [0.25, 0.3) is 10.8 Å². The highest BCUT2D eigenvalue weighted by Gasteiger charge is 2.66. The number of nitro groups is 1. The number of oxime groups is 1. The van der Waals surface area contributed by atoms with Gasteiger partial charge in [-0.15, -0.1) is 6.58 Å². The van der Waals surface area contributed by atoms with Crippen molar-refractivity contribution in [3.63, 3.8) is 0 Å². The number of fused-ring (bicyclic) bond motifs is 3. The number of hydrogen-bond acceptors (Lipinski definition) is 13. The number of ether oxygens (including phenoxy) is 5. The van der Waals surface area contributed by atoms with Crippen molar-refractivity contribution in [1.82, 2.24) is 10.2 Å². The minimum atomic E-state index is -1.65. The summed E-state index contributed by atoms with van der Waals surface area (Å²) in [5.41, 5.74) is 5.40. The van der Waals surface area contributed by atoms with E-state index in [2.05, 4.69) is 18.0 Å². The maximum atomic E-state index is 15.4. The fraction of sp³-hybridized carbons (Fsp3) is 0.349. The minimum Gasteiger partial charge on any atom is -0.459 e. The van der Waals surface area contributed by atoms with E-state index in [1.165, 1.54) is 12.1 Å². The van der Waals surface area contributed by atoms with Crippen LogP contribution in [-0.2, 0) is 45.4 Å². The largest absolute Gasteiger partial charge is 0.459 e. The van der Waals surface area contributed by atoms with E-state index in [1.807, 2.05) is 109 Å². The van der Waals surface area contributed by atoms with Crippen LogP contribution >= 0.6 is 0 Å². The molecule has 16 heteroatoms. The third-order valence-corrected chi connectivity index (χ3v) is 15.1. The molecule has 1 heterocycles. The Bertz CT molecular complexity index is 3080. The van der Waals surface area contributed by atoms with Gasteiger partial charge in [0.1, 0.15) is 30.8 Å². The van der Waals surface area contributed by atoms with E-state index in [0.29, 0.717) is 55.7 Å². The summed E-state index contributed by atoms with van der Waals surface area (Å²) in [5, 5.41) is 41.5. The average molecular weight is 1070 g/mol. The van der Waals surface area contributed by atoms with E-state index < -0.39 is 40.8 Å².